The summed E-state index contributed by atoms with van der Waals surface area (Å²) in [5.74, 6) is -2.65. The van der Waals surface area contributed by atoms with Crippen LogP contribution in [0.4, 0.5) is 0 Å². The Bertz CT molecular complexity index is 722. The van der Waals surface area contributed by atoms with Crippen molar-refractivity contribution in [2.75, 3.05) is 0 Å². The molecule has 0 rings (SSSR count). The molecule has 0 aliphatic heterocycles. The van der Waals surface area contributed by atoms with E-state index in [1.54, 1.807) is 0 Å². The number of carbonyl (C=O) groups is 2. The first-order chi connectivity index (χ1) is 22.2. The van der Waals surface area contributed by atoms with Gasteiger partial charge in [0.2, 0.25) is 0 Å². The first-order valence-electron chi connectivity index (χ1n) is 18.2. The quantitative estimate of drug-likeness (QED) is 0.0313. The first kappa shape index (κ1) is 45.3. The molecule has 268 valence electrons. The molecule has 10 heteroatoms. The maximum absolute atomic E-state index is 10.7. The van der Waals surface area contributed by atoms with Gasteiger partial charge in [-0.25, -0.2) is 9.59 Å². The maximum atomic E-state index is 10.7. The molecule has 0 heterocycles. The molecule has 0 aliphatic carbocycles. The lowest BCUT2D eigenvalue weighted by Crippen LogP contribution is -2.28. The van der Waals surface area contributed by atoms with Crippen LogP contribution in [0.3, 0.4) is 0 Å². The molecule has 2 atom stereocenters. The molecule has 46 heavy (non-hydrogen) atoms. The van der Waals surface area contributed by atoms with Gasteiger partial charge in [0, 0.05) is 22.7 Å². The molecule has 0 amide bonds. The summed E-state index contributed by atoms with van der Waals surface area (Å²) in [6.07, 6.45) is 36.7. The van der Waals surface area contributed by atoms with Crippen LogP contribution in [0.15, 0.2) is 24.3 Å². The number of hydrogen-bond acceptors (Lipinski definition) is 6. The lowest BCUT2D eigenvalue weighted by Gasteiger charge is -2.04. The van der Waals surface area contributed by atoms with E-state index in [0.29, 0.717) is 12.8 Å². The van der Waals surface area contributed by atoms with Gasteiger partial charge in [-0.15, -0.1) is 0 Å². The molecule has 0 bridgehead atoms. The molecular weight excluding hydrogens is 588 g/mol. The van der Waals surface area contributed by atoms with Crippen LogP contribution in [0.2, 0.25) is 0 Å². The predicted molar refractivity (Wildman–Crippen MR) is 187 cm³/mol. The third-order valence-electron chi connectivity index (χ3n) is 8.06. The molecule has 2 N–H and O–H groups in total. The number of hydrogen-bond donors (Lipinski definition) is 2. The van der Waals surface area contributed by atoms with Crippen molar-refractivity contribution in [1.82, 2.24) is 0 Å². The van der Waals surface area contributed by atoms with E-state index >= 15 is 0 Å². The minimum absolute atomic E-state index is 0.135. The van der Waals surface area contributed by atoms with Gasteiger partial charge in [0.1, 0.15) is 0 Å². The Morgan fingerprint density at radius 1 is 0.478 bits per heavy atom. The fourth-order valence-electron chi connectivity index (χ4n) is 5.10. The summed E-state index contributed by atoms with van der Waals surface area (Å²) >= 11 is 0. The van der Waals surface area contributed by atoms with Gasteiger partial charge < -0.3 is 10.2 Å². The summed E-state index contributed by atoms with van der Waals surface area (Å²) < 4.78 is 0. The Balaban J connectivity index is 0. The smallest absolute Gasteiger partial charge is 0.379 e. The number of aliphatic carboxylic acids is 2. The van der Waals surface area contributed by atoms with E-state index in [2.05, 4.69) is 38.2 Å². The maximum Gasteiger partial charge on any atom is 0.379 e. The molecule has 0 saturated heterocycles. The van der Waals surface area contributed by atoms with Gasteiger partial charge in [0.05, 0.1) is 0 Å². The predicted octanol–water partition coefficient (Wildman–Crippen LogP) is 10.7. The minimum atomic E-state index is -1.44. The van der Waals surface area contributed by atoms with Gasteiger partial charge in [-0.1, -0.05) is 128 Å². The second kappa shape index (κ2) is 35.1. The van der Waals surface area contributed by atoms with Crippen molar-refractivity contribution in [3.63, 3.8) is 0 Å². The van der Waals surface area contributed by atoms with Gasteiger partial charge in [0.15, 0.2) is 0 Å². The monoisotopic (exact) mass is 654 g/mol. The standard InChI is InChI=1S/2C18H33NO4/c2*1-2-3-4-5-6-7-8-9-10-11-12-13-14-15-16-17(18(20)21)19(22)23/h2*9-10,17H,2-8,11-16H2,1H3,(H,20,21)/b2*10-9-. The molecule has 0 aromatic heterocycles. The molecule has 2 unspecified atom stereocenters. The van der Waals surface area contributed by atoms with Crippen molar-refractivity contribution in [3.05, 3.63) is 44.5 Å². The van der Waals surface area contributed by atoms with E-state index in [1.807, 2.05) is 0 Å². The van der Waals surface area contributed by atoms with E-state index in [-0.39, 0.29) is 12.8 Å². The van der Waals surface area contributed by atoms with Crippen LogP contribution in [0.25, 0.3) is 0 Å². The van der Waals surface area contributed by atoms with E-state index in [9.17, 15) is 29.8 Å². The summed E-state index contributed by atoms with van der Waals surface area (Å²) in [5.41, 5.74) is 0. The summed E-state index contributed by atoms with van der Waals surface area (Å²) in [6.45, 7) is 4.46. The number of carboxylic acids is 2. The van der Waals surface area contributed by atoms with Crippen LogP contribution in [-0.4, -0.2) is 44.1 Å². The van der Waals surface area contributed by atoms with E-state index in [0.717, 1.165) is 64.2 Å². The molecule has 0 saturated carbocycles. The fraction of sp³-hybridized carbons (Fsp3) is 0.833. The third-order valence-corrected chi connectivity index (χ3v) is 8.06. The topological polar surface area (TPSA) is 161 Å². The molecule has 0 aliphatic rings. The molecule has 0 aromatic carbocycles. The van der Waals surface area contributed by atoms with Crippen molar-refractivity contribution < 1.29 is 29.6 Å². The number of carboxylic acid groups (broad SMARTS) is 2. The third kappa shape index (κ3) is 32.6. The van der Waals surface area contributed by atoms with E-state index in [1.165, 1.54) is 77.0 Å². The number of allylic oxidation sites excluding steroid dienone is 4. The van der Waals surface area contributed by atoms with Crippen LogP contribution in [0.1, 0.15) is 181 Å². The number of nitrogens with zero attached hydrogens (tertiary/aromatic N) is 2. The van der Waals surface area contributed by atoms with Gasteiger partial charge in [-0.05, 0) is 64.2 Å². The second-order valence-corrected chi connectivity index (χ2v) is 12.3. The van der Waals surface area contributed by atoms with Crippen molar-refractivity contribution in [2.45, 2.75) is 193 Å². The van der Waals surface area contributed by atoms with Crippen LogP contribution < -0.4 is 0 Å². The highest BCUT2D eigenvalue weighted by Gasteiger charge is 2.28. The zero-order chi connectivity index (χ0) is 34.7. The highest BCUT2D eigenvalue weighted by atomic mass is 16.6. The second-order valence-electron chi connectivity index (χ2n) is 12.3. The average molecular weight is 655 g/mol. The van der Waals surface area contributed by atoms with E-state index < -0.39 is 33.9 Å². The molecule has 10 nitrogen and oxygen atoms in total. The van der Waals surface area contributed by atoms with Crippen molar-refractivity contribution in [2.24, 2.45) is 0 Å². The lowest BCUT2D eigenvalue weighted by molar-refractivity contribution is -0.511. The highest BCUT2D eigenvalue weighted by Crippen LogP contribution is 2.13. The number of rotatable bonds is 32. The minimum Gasteiger partial charge on any atom is -0.476 e. The van der Waals surface area contributed by atoms with Gasteiger partial charge in [-0.2, -0.15) is 0 Å². The number of unbranched alkanes of at least 4 members (excludes halogenated alkanes) is 20. The number of nitro groups is 2. The van der Waals surface area contributed by atoms with Crippen molar-refractivity contribution in [3.8, 4) is 0 Å². The Kier molecular flexibility index (Phi) is 34.6. The van der Waals surface area contributed by atoms with Crippen LogP contribution >= 0.6 is 0 Å². The first-order valence-corrected chi connectivity index (χ1v) is 18.2. The van der Waals surface area contributed by atoms with Crippen LogP contribution in [-0.2, 0) is 9.59 Å². The van der Waals surface area contributed by atoms with Gasteiger partial charge in [-0.3, -0.25) is 20.2 Å². The SMILES string of the molecule is CCCCCCCC/C=C\CCCCCCC(C(=O)O)[N+](=O)[O-].CCCCCCCC/C=C\CCCCCCC(C(=O)O)[N+](=O)[O-]. The largest absolute Gasteiger partial charge is 0.476 e. The van der Waals surface area contributed by atoms with Gasteiger partial charge in [0.25, 0.3) is 0 Å². The lowest BCUT2D eigenvalue weighted by atomic mass is 10.1. The zero-order valence-corrected chi connectivity index (χ0v) is 29.1. The van der Waals surface area contributed by atoms with E-state index in [4.69, 9.17) is 10.2 Å². The fourth-order valence-corrected chi connectivity index (χ4v) is 5.10. The summed E-state index contributed by atoms with van der Waals surface area (Å²) in [4.78, 5) is 41.0. The Hall–Kier alpha value is -2.78. The Morgan fingerprint density at radius 2 is 0.717 bits per heavy atom. The van der Waals surface area contributed by atoms with Crippen molar-refractivity contribution >= 4 is 11.9 Å². The molecular formula is C36H66N2O8. The van der Waals surface area contributed by atoms with Crippen LogP contribution in [0, 0.1) is 20.2 Å². The highest BCUT2D eigenvalue weighted by molar-refractivity contribution is 5.72. The molecule has 0 aromatic rings. The molecule has 0 radical (unpaired) electrons. The Morgan fingerprint density at radius 3 is 0.957 bits per heavy atom. The summed E-state index contributed by atoms with van der Waals surface area (Å²) in [6, 6.07) is -2.88. The van der Waals surface area contributed by atoms with Crippen molar-refractivity contribution in [1.29, 1.82) is 0 Å². The normalized spacial score (nSPS) is 12.6. The summed E-state index contributed by atoms with van der Waals surface area (Å²) in [5, 5.41) is 38.4. The summed E-state index contributed by atoms with van der Waals surface area (Å²) in [7, 11) is 0. The zero-order valence-electron chi connectivity index (χ0n) is 29.1. The average Bonchev–Trinajstić information content (AvgIpc) is 3.00. The Labute approximate surface area is 278 Å². The van der Waals surface area contributed by atoms with Crippen LogP contribution in [0.5, 0.6) is 0 Å². The molecule has 0 fully saturated rings. The molecule has 0 spiro atoms. The van der Waals surface area contributed by atoms with Gasteiger partial charge >= 0.3 is 24.0 Å².